The highest BCUT2D eigenvalue weighted by atomic mass is 32.2. The summed E-state index contributed by atoms with van der Waals surface area (Å²) >= 11 is 1.71. The number of carboxylic acids is 1. The summed E-state index contributed by atoms with van der Waals surface area (Å²) in [5.41, 5.74) is 1.30. The third kappa shape index (κ3) is 3.23. The summed E-state index contributed by atoms with van der Waals surface area (Å²) in [5, 5.41) is 12.2. The summed E-state index contributed by atoms with van der Waals surface area (Å²) in [4.78, 5) is 10.8. The molecule has 1 aliphatic rings. The van der Waals surface area contributed by atoms with Crippen molar-refractivity contribution in [2.75, 3.05) is 5.75 Å². The molecule has 1 unspecified atom stereocenters. The number of aryl methyl sites for hydroxylation is 1. The van der Waals surface area contributed by atoms with Gasteiger partial charge in [0.05, 0.1) is 4.87 Å². The monoisotopic (exact) mass is 251 g/mol. The van der Waals surface area contributed by atoms with Crippen LogP contribution in [0.15, 0.2) is 30.3 Å². The van der Waals surface area contributed by atoms with Gasteiger partial charge in [0.1, 0.15) is 6.04 Å². The van der Waals surface area contributed by atoms with Crippen molar-refractivity contribution in [1.82, 2.24) is 5.32 Å². The Morgan fingerprint density at radius 1 is 1.53 bits per heavy atom. The number of hydrogen-bond donors (Lipinski definition) is 2. The molecule has 0 spiro atoms. The van der Waals surface area contributed by atoms with Crippen LogP contribution in [-0.2, 0) is 11.2 Å². The lowest BCUT2D eigenvalue weighted by Crippen LogP contribution is -2.43. The highest BCUT2D eigenvalue weighted by molar-refractivity contribution is 8.00. The van der Waals surface area contributed by atoms with E-state index >= 15 is 0 Å². The van der Waals surface area contributed by atoms with E-state index in [9.17, 15) is 4.79 Å². The molecular weight excluding hydrogens is 234 g/mol. The summed E-state index contributed by atoms with van der Waals surface area (Å²) in [6.07, 6.45) is 1.93. The Kier molecular flexibility index (Phi) is 3.74. The van der Waals surface area contributed by atoms with Crippen molar-refractivity contribution in [3.05, 3.63) is 35.9 Å². The topological polar surface area (TPSA) is 49.3 Å². The Labute approximate surface area is 106 Å². The minimum Gasteiger partial charge on any atom is -0.480 e. The molecular formula is C13H17NO2S. The second-order valence-corrected chi connectivity index (χ2v) is 6.09. The predicted octanol–water partition coefficient (Wildman–Crippen LogP) is 2.12. The van der Waals surface area contributed by atoms with Crippen LogP contribution in [0.1, 0.15) is 18.9 Å². The van der Waals surface area contributed by atoms with E-state index in [4.69, 9.17) is 5.11 Å². The molecule has 1 fully saturated rings. The molecule has 1 aromatic carbocycles. The molecule has 0 aromatic heterocycles. The summed E-state index contributed by atoms with van der Waals surface area (Å²) in [6.45, 7) is 2.09. The van der Waals surface area contributed by atoms with Crippen molar-refractivity contribution < 1.29 is 9.90 Å². The molecule has 1 heterocycles. The summed E-state index contributed by atoms with van der Waals surface area (Å²) in [5.74, 6) is -0.0957. The highest BCUT2D eigenvalue weighted by Gasteiger charge is 2.37. The molecule has 0 bridgehead atoms. The van der Waals surface area contributed by atoms with Crippen molar-refractivity contribution in [2.24, 2.45) is 0 Å². The van der Waals surface area contributed by atoms with Crippen LogP contribution in [0.5, 0.6) is 0 Å². The van der Waals surface area contributed by atoms with Gasteiger partial charge in [-0.1, -0.05) is 30.3 Å². The SMILES string of the molecule is CC1(CCc2ccccc2)N[C@@H](C(=O)O)CS1. The molecule has 1 aliphatic heterocycles. The predicted molar refractivity (Wildman–Crippen MR) is 70.2 cm³/mol. The number of hydrogen-bond acceptors (Lipinski definition) is 3. The summed E-state index contributed by atoms with van der Waals surface area (Å²) < 4.78 is 0. The van der Waals surface area contributed by atoms with Crippen molar-refractivity contribution in [2.45, 2.75) is 30.7 Å². The highest BCUT2D eigenvalue weighted by Crippen LogP contribution is 2.34. The van der Waals surface area contributed by atoms with Gasteiger partial charge in [0, 0.05) is 5.75 Å². The smallest absolute Gasteiger partial charge is 0.321 e. The van der Waals surface area contributed by atoms with Gasteiger partial charge in [0.25, 0.3) is 0 Å². The number of carboxylic acid groups (broad SMARTS) is 1. The van der Waals surface area contributed by atoms with Crippen molar-refractivity contribution in [3.8, 4) is 0 Å². The average molecular weight is 251 g/mol. The molecule has 17 heavy (non-hydrogen) atoms. The lowest BCUT2D eigenvalue weighted by molar-refractivity contribution is -0.138. The maximum Gasteiger partial charge on any atom is 0.321 e. The van der Waals surface area contributed by atoms with Crippen LogP contribution in [0.3, 0.4) is 0 Å². The Bertz CT molecular complexity index is 396. The first-order chi connectivity index (χ1) is 8.09. The third-order valence-electron chi connectivity index (χ3n) is 3.08. The Morgan fingerprint density at radius 3 is 2.82 bits per heavy atom. The number of benzene rings is 1. The third-order valence-corrected chi connectivity index (χ3v) is 4.54. The molecule has 2 N–H and O–H groups in total. The molecule has 0 amide bonds. The fraction of sp³-hybridized carbons (Fsp3) is 0.462. The zero-order valence-corrected chi connectivity index (χ0v) is 10.7. The summed E-state index contributed by atoms with van der Waals surface area (Å²) in [6, 6.07) is 9.89. The molecule has 4 heteroatoms. The number of rotatable bonds is 4. The lowest BCUT2D eigenvalue weighted by atomic mass is 10.1. The van der Waals surface area contributed by atoms with Gasteiger partial charge in [0.15, 0.2) is 0 Å². The van der Waals surface area contributed by atoms with E-state index < -0.39 is 12.0 Å². The van der Waals surface area contributed by atoms with Crippen LogP contribution in [0.4, 0.5) is 0 Å². The molecule has 0 radical (unpaired) electrons. The van der Waals surface area contributed by atoms with Crippen molar-refractivity contribution >= 4 is 17.7 Å². The summed E-state index contributed by atoms with van der Waals surface area (Å²) in [7, 11) is 0. The van der Waals surface area contributed by atoms with Gasteiger partial charge in [-0.3, -0.25) is 10.1 Å². The second kappa shape index (κ2) is 5.10. The van der Waals surface area contributed by atoms with Gasteiger partial charge in [-0.2, -0.15) is 0 Å². The van der Waals surface area contributed by atoms with Crippen LogP contribution < -0.4 is 5.32 Å². The number of nitrogens with one attached hydrogen (secondary N) is 1. The minimum atomic E-state index is -0.749. The van der Waals surface area contributed by atoms with Crippen LogP contribution >= 0.6 is 11.8 Å². The molecule has 1 saturated heterocycles. The fourth-order valence-electron chi connectivity index (χ4n) is 2.02. The fourth-order valence-corrected chi connectivity index (χ4v) is 3.26. The average Bonchev–Trinajstić information content (AvgIpc) is 2.72. The van der Waals surface area contributed by atoms with Gasteiger partial charge in [-0.05, 0) is 25.3 Å². The minimum absolute atomic E-state index is 0.112. The number of aliphatic carboxylic acids is 1. The normalized spacial score (nSPS) is 28.2. The maximum atomic E-state index is 10.9. The van der Waals surface area contributed by atoms with E-state index in [0.717, 1.165) is 12.8 Å². The molecule has 0 aliphatic carbocycles. The van der Waals surface area contributed by atoms with Crippen molar-refractivity contribution in [3.63, 3.8) is 0 Å². The van der Waals surface area contributed by atoms with Gasteiger partial charge in [-0.15, -0.1) is 11.8 Å². The molecule has 0 saturated carbocycles. The van der Waals surface area contributed by atoms with Gasteiger partial charge in [0.2, 0.25) is 0 Å². The Balaban J connectivity index is 1.89. The lowest BCUT2D eigenvalue weighted by Gasteiger charge is -2.24. The van der Waals surface area contributed by atoms with Crippen LogP contribution in [0.25, 0.3) is 0 Å². The molecule has 1 aromatic rings. The Hall–Kier alpha value is -1.00. The first kappa shape index (κ1) is 12.5. The van der Waals surface area contributed by atoms with Gasteiger partial charge in [-0.25, -0.2) is 0 Å². The second-order valence-electron chi connectivity index (χ2n) is 4.56. The van der Waals surface area contributed by atoms with Crippen LogP contribution in [0, 0.1) is 0 Å². The molecule has 92 valence electrons. The first-order valence-corrected chi connectivity index (χ1v) is 6.76. The van der Waals surface area contributed by atoms with Crippen LogP contribution in [-0.4, -0.2) is 27.7 Å². The van der Waals surface area contributed by atoms with E-state index in [1.807, 2.05) is 18.2 Å². The number of carbonyl (C=O) groups is 1. The largest absolute Gasteiger partial charge is 0.480 e. The molecule has 3 nitrogen and oxygen atoms in total. The molecule has 2 atom stereocenters. The van der Waals surface area contributed by atoms with E-state index in [1.54, 1.807) is 11.8 Å². The van der Waals surface area contributed by atoms with Gasteiger partial charge >= 0.3 is 5.97 Å². The molecule has 2 rings (SSSR count). The first-order valence-electron chi connectivity index (χ1n) is 5.77. The van der Waals surface area contributed by atoms with E-state index in [0.29, 0.717) is 5.75 Å². The maximum absolute atomic E-state index is 10.9. The zero-order valence-electron chi connectivity index (χ0n) is 9.85. The van der Waals surface area contributed by atoms with Gasteiger partial charge < -0.3 is 5.11 Å². The van der Waals surface area contributed by atoms with E-state index in [-0.39, 0.29) is 4.87 Å². The van der Waals surface area contributed by atoms with E-state index in [1.165, 1.54) is 5.56 Å². The van der Waals surface area contributed by atoms with Crippen LogP contribution in [0.2, 0.25) is 0 Å². The van der Waals surface area contributed by atoms with E-state index in [2.05, 4.69) is 24.4 Å². The zero-order chi connectivity index (χ0) is 12.3. The quantitative estimate of drug-likeness (QED) is 0.860. The number of thioether (sulfide) groups is 1. The van der Waals surface area contributed by atoms with Crippen molar-refractivity contribution in [1.29, 1.82) is 0 Å². The Morgan fingerprint density at radius 2 is 2.24 bits per heavy atom. The standard InChI is InChI=1S/C13H17NO2S/c1-13(14-11(9-17-13)12(15)16)8-7-10-5-3-2-4-6-10/h2-6,11,14H,7-9H2,1H3,(H,15,16)/t11-,13?/m1/s1.